The number of nitrogens with one attached hydrogen (secondary N) is 1. The van der Waals surface area contributed by atoms with Crippen LogP contribution in [0, 0.1) is 12.7 Å². The second-order valence-electron chi connectivity index (χ2n) is 2.55. The first-order valence-electron chi connectivity index (χ1n) is 3.77. The molecule has 0 atom stereocenters. The van der Waals surface area contributed by atoms with Gasteiger partial charge in [-0.3, -0.25) is 4.79 Å². The van der Waals surface area contributed by atoms with E-state index < -0.39 is 0 Å². The molecule has 12 heavy (non-hydrogen) atoms. The molecule has 0 spiro atoms. The monoisotopic (exact) mass is 166 g/mol. The molecule has 1 aliphatic rings. The number of carbonyl (C=O) groups excluding carboxylic acids is 1. The highest BCUT2D eigenvalue weighted by molar-refractivity contribution is 5.72. The Balaban J connectivity index is 2.19. The third-order valence-corrected chi connectivity index (χ3v) is 1.52. The maximum Gasteiger partial charge on any atom is 0.216 e. The van der Waals surface area contributed by atoms with Crippen molar-refractivity contribution in [3.63, 3.8) is 0 Å². The van der Waals surface area contributed by atoms with Crippen LogP contribution in [0.3, 0.4) is 0 Å². The zero-order chi connectivity index (χ0) is 8.97. The molecule has 1 aliphatic heterocycles. The van der Waals surface area contributed by atoms with Crippen LogP contribution >= 0.6 is 0 Å². The summed E-state index contributed by atoms with van der Waals surface area (Å²) in [5.74, 6) is -0.0165. The summed E-state index contributed by atoms with van der Waals surface area (Å²) >= 11 is 0. The van der Waals surface area contributed by atoms with E-state index in [0.717, 1.165) is 12.6 Å². The van der Waals surface area contributed by atoms with E-state index in [1.807, 2.05) is 0 Å². The predicted molar refractivity (Wildman–Crippen MR) is 46.7 cm³/mol. The lowest BCUT2D eigenvalue weighted by Gasteiger charge is -2.19. The Kier molecular flexibility index (Phi) is 2.74. The molecule has 1 amide bonds. The molecule has 0 bridgehead atoms. The van der Waals surface area contributed by atoms with Crippen molar-refractivity contribution in [2.75, 3.05) is 6.54 Å². The van der Waals surface area contributed by atoms with Crippen LogP contribution < -0.4 is 5.32 Å². The van der Waals surface area contributed by atoms with E-state index in [-0.39, 0.29) is 5.91 Å². The molecular weight excluding hydrogens is 154 g/mol. The fraction of sp³-hybridized carbons (Fsp3) is 0.375. The minimum Gasteiger partial charge on any atom is -0.526 e. The molecule has 0 aromatic carbocycles. The molecule has 1 heterocycles. The van der Waals surface area contributed by atoms with Gasteiger partial charge in [0.1, 0.15) is 0 Å². The highest BCUT2D eigenvalue weighted by atomic mass is 16.1. The number of rotatable bonds is 3. The van der Waals surface area contributed by atoms with Crippen LogP contribution in [0.2, 0.25) is 0 Å². The zero-order valence-corrected chi connectivity index (χ0v) is 7.08. The van der Waals surface area contributed by atoms with E-state index in [4.69, 9.17) is 0 Å². The van der Waals surface area contributed by atoms with Crippen molar-refractivity contribution in [3.05, 3.63) is 12.7 Å². The van der Waals surface area contributed by atoms with Crippen molar-refractivity contribution in [1.82, 2.24) is 5.32 Å². The lowest BCUT2D eigenvalue weighted by molar-refractivity contribution is -0.447. The van der Waals surface area contributed by atoms with E-state index in [0.29, 0.717) is 6.54 Å². The number of aliphatic imine (C=N–C) groups is 1. The summed E-state index contributed by atoms with van der Waals surface area (Å²) in [5.41, 5.74) is 0. The lowest BCUT2D eigenvalue weighted by atomic mass is 10.3. The Morgan fingerprint density at radius 2 is 2.67 bits per heavy atom. The predicted octanol–water partition coefficient (Wildman–Crippen LogP) is -0.0386. The first-order chi connectivity index (χ1) is 5.70. The van der Waals surface area contributed by atoms with Crippen LogP contribution in [-0.4, -0.2) is 30.0 Å². The van der Waals surface area contributed by atoms with Crippen molar-refractivity contribution >= 4 is 18.8 Å². The minimum absolute atomic E-state index is 0.0165. The van der Waals surface area contributed by atoms with Gasteiger partial charge >= 0.3 is 0 Å². The quantitative estimate of drug-likeness (QED) is 0.464. The molecular formula is C8H12N3O-. The SMILES string of the molecule is C=[N+]1[CH-]C=N[C-]1CCNC(C)=O. The van der Waals surface area contributed by atoms with Gasteiger partial charge in [0.2, 0.25) is 5.91 Å². The van der Waals surface area contributed by atoms with Gasteiger partial charge in [-0.1, -0.05) is 6.54 Å². The molecule has 4 nitrogen and oxygen atoms in total. The molecule has 0 saturated heterocycles. The van der Waals surface area contributed by atoms with E-state index in [1.54, 1.807) is 17.3 Å². The third kappa shape index (κ3) is 2.30. The smallest absolute Gasteiger partial charge is 0.216 e. The van der Waals surface area contributed by atoms with Gasteiger partial charge in [-0.05, 0) is 6.42 Å². The Hall–Kier alpha value is -1.45. The standard InChI is InChI=1S/C8H12N3O/c1-7(12)9-4-3-8-10-5-6-11(8)2/h5-6H,2-4H2,1H3,(H,9,12)/q-1. The molecule has 66 valence electrons. The molecule has 0 aromatic heterocycles. The maximum atomic E-state index is 10.5. The Morgan fingerprint density at radius 3 is 3.17 bits per heavy atom. The van der Waals surface area contributed by atoms with E-state index in [1.165, 1.54) is 6.92 Å². The van der Waals surface area contributed by atoms with E-state index in [9.17, 15) is 4.79 Å². The molecule has 0 fully saturated rings. The summed E-state index contributed by atoms with van der Waals surface area (Å²) in [6, 6.07) is 0. The molecule has 0 aromatic rings. The fourth-order valence-electron chi connectivity index (χ4n) is 0.919. The van der Waals surface area contributed by atoms with Gasteiger partial charge in [-0.25, -0.2) is 4.99 Å². The Labute approximate surface area is 72.0 Å². The summed E-state index contributed by atoms with van der Waals surface area (Å²) < 4.78 is 1.70. The van der Waals surface area contributed by atoms with Crippen molar-refractivity contribution < 1.29 is 9.37 Å². The Bertz CT molecular complexity index is 222. The van der Waals surface area contributed by atoms with Crippen LogP contribution in [0.25, 0.3) is 0 Å². The lowest BCUT2D eigenvalue weighted by Crippen LogP contribution is -2.23. The number of carbonyl (C=O) groups is 1. The highest BCUT2D eigenvalue weighted by Crippen LogP contribution is 2.13. The van der Waals surface area contributed by atoms with Crippen LogP contribution in [0.4, 0.5) is 0 Å². The van der Waals surface area contributed by atoms with Gasteiger partial charge < -0.3 is 9.89 Å². The molecule has 0 unspecified atom stereocenters. The van der Waals surface area contributed by atoms with Gasteiger partial charge in [0.05, 0.1) is 6.17 Å². The first-order valence-corrected chi connectivity index (χ1v) is 3.77. The average molecular weight is 166 g/mol. The number of amides is 1. The minimum atomic E-state index is -0.0165. The van der Waals surface area contributed by atoms with Crippen molar-refractivity contribution in [2.45, 2.75) is 13.3 Å². The highest BCUT2D eigenvalue weighted by Gasteiger charge is 2.06. The van der Waals surface area contributed by atoms with Crippen molar-refractivity contribution in [1.29, 1.82) is 0 Å². The summed E-state index contributed by atoms with van der Waals surface area (Å²) in [4.78, 5) is 14.6. The molecule has 0 aliphatic carbocycles. The van der Waals surface area contributed by atoms with E-state index >= 15 is 0 Å². The largest absolute Gasteiger partial charge is 0.526 e. The number of nitrogens with zero attached hydrogens (tertiary/aromatic N) is 2. The van der Waals surface area contributed by atoms with Crippen molar-refractivity contribution in [3.8, 4) is 0 Å². The summed E-state index contributed by atoms with van der Waals surface area (Å²) in [6.45, 7) is 7.61. The average Bonchev–Trinajstić information content (AvgIpc) is 2.36. The van der Waals surface area contributed by atoms with Crippen LogP contribution in [0.5, 0.6) is 0 Å². The first kappa shape index (κ1) is 8.64. The van der Waals surface area contributed by atoms with Gasteiger partial charge in [0.15, 0.2) is 0 Å². The van der Waals surface area contributed by atoms with Gasteiger partial charge in [0, 0.05) is 19.7 Å². The zero-order valence-electron chi connectivity index (χ0n) is 7.08. The van der Waals surface area contributed by atoms with Crippen LogP contribution in [-0.2, 0) is 4.79 Å². The Morgan fingerprint density at radius 1 is 1.92 bits per heavy atom. The maximum absolute atomic E-state index is 10.5. The van der Waals surface area contributed by atoms with Gasteiger partial charge in [0.25, 0.3) is 0 Å². The third-order valence-electron chi connectivity index (χ3n) is 1.52. The van der Waals surface area contributed by atoms with E-state index in [2.05, 4.69) is 17.0 Å². The number of hydrogen-bond donors (Lipinski definition) is 1. The molecule has 0 radical (unpaired) electrons. The van der Waals surface area contributed by atoms with Crippen LogP contribution in [0.15, 0.2) is 4.99 Å². The number of hydrogen-bond acceptors (Lipinski definition) is 2. The second-order valence-corrected chi connectivity index (χ2v) is 2.55. The topological polar surface area (TPSA) is 44.5 Å². The summed E-state index contributed by atoms with van der Waals surface area (Å²) in [6.07, 6.45) is 3.29. The summed E-state index contributed by atoms with van der Waals surface area (Å²) in [7, 11) is 0. The molecule has 4 heteroatoms. The molecule has 1 rings (SSSR count). The van der Waals surface area contributed by atoms with Crippen LogP contribution in [0.1, 0.15) is 13.3 Å². The van der Waals surface area contributed by atoms with Gasteiger partial charge in [-0.15, -0.1) is 0 Å². The van der Waals surface area contributed by atoms with Gasteiger partial charge in [-0.2, -0.15) is 6.72 Å². The second kappa shape index (κ2) is 3.80. The summed E-state index contributed by atoms with van der Waals surface area (Å²) in [5, 5.41) is 2.69. The molecule has 0 saturated carbocycles. The normalized spacial score (nSPS) is 14.8. The van der Waals surface area contributed by atoms with Crippen molar-refractivity contribution in [2.24, 2.45) is 4.99 Å². The fourth-order valence-corrected chi connectivity index (χ4v) is 0.919. The molecule has 1 N–H and O–H groups in total.